The van der Waals surface area contributed by atoms with Crippen LogP contribution in [0.4, 0.5) is 16.2 Å². The van der Waals surface area contributed by atoms with E-state index >= 15 is 0 Å². The normalized spacial score (nSPS) is 15.6. The fourth-order valence-electron chi connectivity index (χ4n) is 5.86. The molecule has 7 heteroatoms. The highest BCUT2D eigenvalue weighted by Gasteiger charge is 2.40. The molecule has 1 saturated carbocycles. The number of benzene rings is 4. The lowest BCUT2D eigenvalue weighted by Gasteiger charge is -2.39. The first-order valence-electron chi connectivity index (χ1n) is 13.9. The zero-order valence-electron chi connectivity index (χ0n) is 22.7. The lowest BCUT2D eigenvalue weighted by atomic mass is 9.97. The number of rotatable bonds is 6. The van der Waals surface area contributed by atoms with Gasteiger partial charge in [0, 0.05) is 17.6 Å². The molecule has 5 aromatic rings. The number of anilines is 2. The van der Waals surface area contributed by atoms with Gasteiger partial charge in [-0.2, -0.15) is 0 Å². The number of hydrogen-bond acceptors (Lipinski definition) is 3. The highest BCUT2D eigenvalue weighted by Crippen LogP contribution is 2.43. The molecular formula is C34H30N4O3. The molecule has 0 radical (unpaired) electrons. The van der Waals surface area contributed by atoms with Crippen LogP contribution in [0.1, 0.15) is 30.1 Å². The van der Waals surface area contributed by atoms with Gasteiger partial charge < -0.3 is 19.5 Å². The summed E-state index contributed by atoms with van der Waals surface area (Å²) in [7, 11) is 1.64. The van der Waals surface area contributed by atoms with Crippen molar-refractivity contribution >= 4 is 34.1 Å². The molecule has 7 nitrogen and oxygen atoms in total. The van der Waals surface area contributed by atoms with E-state index in [4.69, 9.17) is 4.74 Å². The Hall–Kier alpha value is -5.04. The summed E-state index contributed by atoms with van der Waals surface area (Å²) in [4.78, 5) is 31.6. The quantitative estimate of drug-likeness (QED) is 0.257. The van der Waals surface area contributed by atoms with Gasteiger partial charge in [-0.05, 0) is 66.3 Å². The minimum Gasteiger partial charge on any atom is -0.497 e. The van der Waals surface area contributed by atoms with Crippen LogP contribution in [0.25, 0.3) is 16.5 Å². The van der Waals surface area contributed by atoms with E-state index in [-0.39, 0.29) is 30.6 Å². The summed E-state index contributed by atoms with van der Waals surface area (Å²) >= 11 is 0. The van der Waals surface area contributed by atoms with E-state index < -0.39 is 0 Å². The molecular weight excluding hydrogens is 512 g/mol. The third kappa shape index (κ3) is 4.49. The van der Waals surface area contributed by atoms with E-state index in [2.05, 4.69) is 16.0 Å². The number of nitrogens with one attached hydrogen (secondary N) is 1. The Morgan fingerprint density at radius 1 is 0.854 bits per heavy atom. The predicted octanol–water partition coefficient (Wildman–Crippen LogP) is 6.77. The summed E-state index contributed by atoms with van der Waals surface area (Å²) < 4.78 is 7.53. The minimum absolute atomic E-state index is 0.0248. The Labute approximate surface area is 238 Å². The number of carbonyl (C=O) groups excluding carboxylic acids is 2. The van der Waals surface area contributed by atoms with E-state index in [1.165, 1.54) is 0 Å². The Kier molecular flexibility index (Phi) is 6.19. The fraction of sp³-hybridized carbons (Fsp3) is 0.176. The molecule has 41 heavy (non-hydrogen) atoms. The number of urea groups is 1. The number of hydrogen-bond donors (Lipinski definition) is 1. The van der Waals surface area contributed by atoms with Gasteiger partial charge in [-0.15, -0.1) is 0 Å². The van der Waals surface area contributed by atoms with Crippen molar-refractivity contribution in [1.29, 1.82) is 0 Å². The monoisotopic (exact) mass is 542 g/mol. The maximum Gasteiger partial charge on any atom is 0.322 e. The Morgan fingerprint density at radius 3 is 2.37 bits per heavy atom. The van der Waals surface area contributed by atoms with Crippen LogP contribution in [0.5, 0.6) is 5.75 Å². The van der Waals surface area contributed by atoms with Gasteiger partial charge in [0.15, 0.2) is 0 Å². The smallest absolute Gasteiger partial charge is 0.322 e. The van der Waals surface area contributed by atoms with Gasteiger partial charge >= 0.3 is 6.03 Å². The standard InChI is InChI=1S/C34H30N4O3/c1-41-26-19-15-24(16-20-26)33-31-14-7-21-36(31)29-12-4-5-13-30(29)38(33)32(39)22-37(25-17-18-25)34(40)35-28-11-6-9-23-8-2-3-10-27(23)28/h2-16,19-21,25,33H,17-18,22H2,1H3,(H,35,40). The summed E-state index contributed by atoms with van der Waals surface area (Å²) in [6.45, 7) is -0.0248. The molecule has 1 aromatic heterocycles. The molecule has 204 valence electrons. The van der Waals surface area contributed by atoms with Crippen molar-refractivity contribution in [3.8, 4) is 11.4 Å². The van der Waals surface area contributed by atoms with E-state index in [0.717, 1.165) is 57.7 Å². The number of ether oxygens (including phenoxy) is 1. The maximum atomic E-state index is 14.4. The summed E-state index contributed by atoms with van der Waals surface area (Å²) in [5, 5.41) is 5.12. The molecule has 0 spiro atoms. The lowest BCUT2D eigenvalue weighted by molar-refractivity contribution is -0.119. The number of fused-ring (bicyclic) bond motifs is 4. The number of carbonyl (C=O) groups is 2. The molecule has 1 fully saturated rings. The highest BCUT2D eigenvalue weighted by atomic mass is 16.5. The molecule has 4 aromatic carbocycles. The average Bonchev–Trinajstić information content (AvgIpc) is 3.74. The molecule has 2 aliphatic rings. The van der Waals surface area contributed by atoms with Crippen LogP contribution in [0.3, 0.4) is 0 Å². The zero-order chi connectivity index (χ0) is 27.9. The largest absolute Gasteiger partial charge is 0.497 e. The van der Waals surface area contributed by atoms with Gasteiger partial charge in [0.25, 0.3) is 0 Å². The van der Waals surface area contributed by atoms with E-state index in [0.29, 0.717) is 0 Å². The Bertz CT molecular complexity index is 1750. The second-order valence-corrected chi connectivity index (χ2v) is 10.5. The van der Waals surface area contributed by atoms with E-state index in [1.807, 2.05) is 108 Å². The second-order valence-electron chi connectivity index (χ2n) is 10.5. The molecule has 1 N–H and O–H groups in total. The minimum atomic E-state index is -0.361. The maximum absolute atomic E-state index is 14.4. The first-order valence-corrected chi connectivity index (χ1v) is 13.9. The SMILES string of the molecule is COc1ccc(C2c3cccn3-c3ccccc3N2C(=O)CN(C(=O)Nc2cccc3ccccc23)C2CC2)cc1. The predicted molar refractivity (Wildman–Crippen MR) is 161 cm³/mol. The topological polar surface area (TPSA) is 66.8 Å². The van der Waals surface area contributed by atoms with Gasteiger partial charge in [-0.25, -0.2) is 4.79 Å². The van der Waals surface area contributed by atoms with Crippen molar-refractivity contribution in [3.63, 3.8) is 0 Å². The first-order chi connectivity index (χ1) is 20.1. The molecule has 2 heterocycles. The summed E-state index contributed by atoms with van der Waals surface area (Å²) in [6, 6.07) is 33.1. The first kappa shape index (κ1) is 25.0. The summed E-state index contributed by atoms with van der Waals surface area (Å²) in [5.74, 6) is 0.619. The summed E-state index contributed by atoms with van der Waals surface area (Å²) in [5.41, 5.74) is 4.44. The van der Waals surface area contributed by atoms with E-state index in [9.17, 15) is 9.59 Å². The number of aromatic nitrogens is 1. The third-order valence-corrected chi connectivity index (χ3v) is 8.01. The Morgan fingerprint density at radius 2 is 1.59 bits per heavy atom. The van der Waals surface area contributed by atoms with Crippen LogP contribution < -0.4 is 15.0 Å². The van der Waals surface area contributed by atoms with Gasteiger partial charge in [0.1, 0.15) is 18.3 Å². The van der Waals surface area contributed by atoms with Crippen molar-refractivity contribution < 1.29 is 14.3 Å². The van der Waals surface area contributed by atoms with E-state index in [1.54, 1.807) is 12.0 Å². The fourth-order valence-corrected chi connectivity index (χ4v) is 5.86. The molecule has 0 saturated heterocycles. The molecule has 1 atom stereocenters. The van der Waals surface area contributed by atoms with Gasteiger partial charge in [-0.3, -0.25) is 9.69 Å². The van der Waals surface area contributed by atoms with Crippen molar-refractivity contribution in [2.45, 2.75) is 24.9 Å². The third-order valence-electron chi connectivity index (χ3n) is 8.01. The van der Waals surface area contributed by atoms with Crippen LogP contribution in [0, 0.1) is 0 Å². The zero-order valence-corrected chi connectivity index (χ0v) is 22.7. The number of methoxy groups -OCH3 is 1. The van der Waals surface area contributed by atoms with Crippen molar-refractivity contribution in [2.75, 3.05) is 23.9 Å². The molecule has 1 unspecified atom stereocenters. The molecule has 3 amide bonds. The lowest BCUT2D eigenvalue weighted by Crippen LogP contribution is -2.48. The van der Waals surface area contributed by atoms with Crippen molar-refractivity contribution in [2.24, 2.45) is 0 Å². The van der Waals surface area contributed by atoms with Crippen LogP contribution in [0.2, 0.25) is 0 Å². The molecule has 1 aliphatic heterocycles. The molecule has 7 rings (SSSR count). The summed E-state index contributed by atoms with van der Waals surface area (Å²) in [6.07, 6.45) is 3.80. The van der Waals surface area contributed by atoms with Gasteiger partial charge in [0.2, 0.25) is 5.91 Å². The van der Waals surface area contributed by atoms with Gasteiger partial charge in [-0.1, -0.05) is 60.7 Å². The van der Waals surface area contributed by atoms with Crippen LogP contribution >= 0.6 is 0 Å². The van der Waals surface area contributed by atoms with Crippen molar-refractivity contribution in [3.05, 3.63) is 121 Å². The van der Waals surface area contributed by atoms with Crippen LogP contribution in [-0.2, 0) is 4.79 Å². The molecule has 1 aliphatic carbocycles. The number of nitrogens with zero attached hydrogens (tertiary/aromatic N) is 3. The van der Waals surface area contributed by atoms with Crippen molar-refractivity contribution in [1.82, 2.24) is 9.47 Å². The van der Waals surface area contributed by atoms with Crippen LogP contribution in [0.15, 0.2) is 109 Å². The highest BCUT2D eigenvalue weighted by molar-refractivity contribution is 6.04. The number of amides is 3. The van der Waals surface area contributed by atoms with Crippen LogP contribution in [-0.4, -0.2) is 41.1 Å². The van der Waals surface area contributed by atoms with Gasteiger partial charge in [0.05, 0.1) is 29.9 Å². The number of para-hydroxylation sites is 2. The second kappa shape index (κ2) is 10.2. The Balaban J connectivity index is 1.24. The molecule has 0 bridgehead atoms. The average molecular weight is 543 g/mol.